The average Bonchev–Trinajstić information content (AvgIpc) is 2.84. The molecule has 0 bridgehead atoms. The first-order chi connectivity index (χ1) is 9.97. The molecular weight excluding hydrogens is 337 g/mol. The van der Waals surface area contributed by atoms with Gasteiger partial charge in [-0.15, -0.1) is 11.3 Å². The van der Waals surface area contributed by atoms with Crippen molar-refractivity contribution in [2.75, 3.05) is 6.54 Å². The summed E-state index contributed by atoms with van der Waals surface area (Å²) < 4.78 is 0.674. The molecule has 1 N–H and O–H groups in total. The lowest BCUT2D eigenvalue weighted by atomic mass is 10.2. The first-order valence-electron chi connectivity index (χ1n) is 5.79. The van der Waals surface area contributed by atoms with Crippen molar-refractivity contribution in [3.8, 4) is 0 Å². The first-order valence-corrected chi connectivity index (χ1v) is 7.37. The van der Waals surface area contributed by atoms with Crippen LogP contribution in [0.1, 0.15) is 15.2 Å². The highest BCUT2D eigenvalue weighted by atomic mass is 35.5. The fraction of sp³-hybridized carbons (Fsp3) is 0.167. The van der Waals surface area contributed by atoms with Gasteiger partial charge in [0.25, 0.3) is 11.6 Å². The molecule has 110 valence electrons. The highest BCUT2D eigenvalue weighted by molar-refractivity contribution is 7.16. The Balaban J connectivity index is 2.03. The molecule has 0 aliphatic carbocycles. The van der Waals surface area contributed by atoms with E-state index in [0.29, 0.717) is 17.3 Å². The Morgan fingerprint density at radius 1 is 1.43 bits per heavy atom. The summed E-state index contributed by atoms with van der Waals surface area (Å²) >= 11 is 12.9. The quantitative estimate of drug-likeness (QED) is 0.511. The van der Waals surface area contributed by atoms with Crippen LogP contribution in [-0.4, -0.2) is 22.4 Å². The summed E-state index contributed by atoms with van der Waals surface area (Å²) in [5, 5.41) is 13.5. The number of pyridine rings is 1. The molecule has 0 saturated carbocycles. The molecule has 2 aromatic heterocycles. The minimum absolute atomic E-state index is 0.0239. The van der Waals surface area contributed by atoms with Crippen molar-refractivity contribution in [2.24, 2.45) is 0 Å². The van der Waals surface area contributed by atoms with Crippen molar-refractivity contribution in [2.45, 2.75) is 6.42 Å². The number of nitro groups is 1. The Morgan fingerprint density at radius 2 is 2.19 bits per heavy atom. The summed E-state index contributed by atoms with van der Waals surface area (Å²) in [6.45, 7) is 0.340. The number of hydrogen-bond acceptors (Lipinski definition) is 5. The molecule has 1 amide bonds. The van der Waals surface area contributed by atoms with Crippen LogP contribution >= 0.6 is 34.5 Å². The van der Waals surface area contributed by atoms with Crippen molar-refractivity contribution in [3.63, 3.8) is 0 Å². The summed E-state index contributed by atoms with van der Waals surface area (Å²) in [4.78, 5) is 26.8. The van der Waals surface area contributed by atoms with Gasteiger partial charge in [-0.1, -0.05) is 23.2 Å². The lowest BCUT2D eigenvalue weighted by molar-refractivity contribution is -0.385. The van der Waals surface area contributed by atoms with Gasteiger partial charge in [0.05, 0.1) is 9.26 Å². The molecule has 0 atom stereocenters. The lowest BCUT2D eigenvalue weighted by Gasteiger charge is -2.05. The molecule has 0 fully saturated rings. The highest BCUT2D eigenvalue weighted by Gasteiger charge is 2.21. The zero-order chi connectivity index (χ0) is 15.4. The molecule has 0 aliphatic rings. The summed E-state index contributed by atoms with van der Waals surface area (Å²) in [5.41, 5.74) is -0.486. The van der Waals surface area contributed by atoms with E-state index in [-0.39, 0.29) is 16.4 Å². The van der Waals surface area contributed by atoms with E-state index >= 15 is 0 Å². The van der Waals surface area contributed by atoms with Crippen molar-refractivity contribution < 1.29 is 9.72 Å². The third-order valence-electron chi connectivity index (χ3n) is 2.58. The van der Waals surface area contributed by atoms with E-state index in [1.54, 1.807) is 6.07 Å². The third kappa shape index (κ3) is 4.13. The topological polar surface area (TPSA) is 85.1 Å². The Hall–Kier alpha value is -1.70. The van der Waals surface area contributed by atoms with Crippen LogP contribution in [0.5, 0.6) is 0 Å². The molecule has 0 saturated heterocycles. The zero-order valence-corrected chi connectivity index (χ0v) is 12.8. The van der Waals surface area contributed by atoms with Gasteiger partial charge in [-0.05, 0) is 24.6 Å². The third-order valence-corrected chi connectivity index (χ3v) is 4.07. The Kier molecular flexibility index (Phi) is 5.11. The van der Waals surface area contributed by atoms with E-state index in [0.717, 1.165) is 11.1 Å². The Labute approximate surface area is 133 Å². The molecule has 0 aliphatic heterocycles. The normalized spacial score (nSPS) is 10.4. The van der Waals surface area contributed by atoms with Crippen LogP contribution in [0.25, 0.3) is 0 Å². The zero-order valence-electron chi connectivity index (χ0n) is 10.5. The summed E-state index contributed by atoms with van der Waals surface area (Å²) in [6.07, 6.45) is 1.56. The maximum atomic E-state index is 12.0. The molecule has 2 rings (SSSR count). The number of rotatable bonds is 5. The number of halogens is 2. The van der Waals surface area contributed by atoms with Crippen LogP contribution in [0.4, 0.5) is 5.69 Å². The van der Waals surface area contributed by atoms with Gasteiger partial charge < -0.3 is 5.32 Å². The number of thiophene rings is 1. The first kappa shape index (κ1) is 15.7. The fourth-order valence-electron chi connectivity index (χ4n) is 1.63. The Morgan fingerprint density at radius 3 is 2.81 bits per heavy atom. The van der Waals surface area contributed by atoms with Crippen LogP contribution < -0.4 is 5.32 Å². The van der Waals surface area contributed by atoms with Crippen LogP contribution in [0.2, 0.25) is 9.49 Å². The summed E-state index contributed by atoms with van der Waals surface area (Å²) in [7, 11) is 0. The van der Waals surface area contributed by atoms with Crippen LogP contribution in [0.3, 0.4) is 0 Å². The van der Waals surface area contributed by atoms with Gasteiger partial charge in [0.1, 0.15) is 16.9 Å². The standard InChI is InChI=1S/C12H9Cl2N3O3S/c13-10-5-8(9(6-16-10)17(19)20)12(18)15-4-3-7-1-2-11(14)21-7/h1-2,5-6H,3-4H2,(H,15,18). The van der Waals surface area contributed by atoms with Crippen molar-refractivity contribution in [3.05, 3.63) is 54.4 Å². The van der Waals surface area contributed by atoms with Gasteiger partial charge in [-0.2, -0.15) is 0 Å². The number of amides is 1. The molecule has 0 radical (unpaired) electrons. The molecule has 0 unspecified atom stereocenters. The van der Waals surface area contributed by atoms with Crippen LogP contribution in [0.15, 0.2) is 24.4 Å². The van der Waals surface area contributed by atoms with E-state index in [2.05, 4.69) is 10.3 Å². The molecule has 21 heavy (non-hydrogen) atoms. The average molecular weight is 346 g/mol. The lowest BCUT2D eigenvalue weighted by Crippen LogP contribution is -2.26. The largest absolute Gasteiger partial charge is 0.351 e. The second-order valence-electron chi connectivity index (χ2n) is 3.99. The predicted molar refractivity (Wildman–Crippen MR) is 81.3 cm³/mol. The number of carbonyl (C=O) groups excluding carboxylic acids is 1. The van der Waals surface area contributed by atoms with E-state index in [1.807, 2.05) is 6.07 Å². The smallest absolute Gasteiger partial charge is 0.300 e. The SMILES string of the molecule is O=C(NCCc1ccc(Cl)s1)c1cc(Cl)ncc1[N+](=O)[O-]. The fourth-order valence-corrected chi connectivity index (χ4v) is 2.88. The number of aromatic nitrogens is 1. The maximum absolute atomic E-state index is 12.0. The van der Waals surface area contributed by atoms with Crippen molar-refractivity contribution in [1.29, 1.82) is 0 Å². The molecule has 0 aromatic carbocycles. The van der Waals surface area contributed by atoms with E-state index in [9.17, 15) is 14.9 Å². The minimum Gasteiger partial charge on any atom is -0.351 e. The van der Waals surface area contributed by atoms with Crippen molar-refractivity contribution in [1.82, 2.24) is 10.3 Å². The van der Waals surface area contributed by atoms with E-state index in [4.69, 9.17) is 23.2 Å². The van der Waals surface area contributed by atoms with Gasteiger partial charge in [-0.25, -0.2) is 4.98 Å². The van der Waals surface area contributed by atoms with Gasteiger partial charge in [0.2, 0.25) is 0 Å². The van der Waals surface area contributed by atoms with Gasteiger partial charge >= 0.3 is 0 Å². The van der Waals surface area contributed by atoms with Crippen molar-refractivity contribution >= 4 is 46.1 Å². The number of hydrogen-bond donors (Lipinski definition) is 1. The predicted octanol–water partition coefficient (Wildman–Crippen LogP) is 3.33. The number of nitrogens with one attached hydrogen (secondary N) is 1. The van der Waals surface area contributed by atoms with Crippen LogP contribution in [0, 0.1) is 10.1 Å². The van der Waals surface area contributed by atoms with Gasteiger partial charge in [0.15, 0.2) is 0 Å². The van der Waals surface area contributed by atoms with Gasteiger partial charge in [-0.3, -0.25) is 14.9 Å². The second kappa shape index (κ2) is 6.84. The molecule has 9 heteroatoms. The number of nitrogens with zero attached hydrogens (tertiary/aromatic N) is 2. The summed E-state index contributed by atoms with van der Waals surface area (Å²) in [5.74, 6) is -0.561. The van der Waals surface area contributed by atoms with E-state index in [1.165, 1.54) is 17.4 Å². The molecular formula is C12H9Cl2N3O3S. The number of carbonyl (C=O) groups is 1. The van der Waals surface area contributed by atoms with Crippen LogP contribution in [-0.2, 0) is 6.42 Å². The monoisotopic (exact) mass is 345 g/mol. The minimum atomic E-state index is -0.669. The molecule has 6 nitrogen and oxygen atoms in total. The molecule has 2 aromatic rings. The second-order valence-corrected chi connectivity index (χ2v) is 6.18. The molecule has 0 spiro atoms. The maximum Gasteiger partial charge on any atom is 0.300 e. The van der Waals surface area contributed by atoms with Gasteiger partial charge in [0, 0.05) is 11.4 Å². The highest BCUT2D eigenvalue weighted by Crippen LogP contribution is 2.22. The summed E-state index contributed by atoms with van der Waals surface area (Å²) in [6, 6.07) is 4.82. The Bertz CT molecular complexity index is 690. The van der Waals surface area contributed by atoms with E-state index < -0.39 is 10.8 Å². The molecule has 2 heterocycles.